The Hall–Kier alpha value is -1.85. The van der Waals surface area contributed by atoms with E-state index >= 15 is 0 Å². The molecule has 0 saturated heterocycles. The predicted octanol–water partition coefficient (Wildman–Crippen LogP) is 2.91. The molecule has 2 aromatic rings. The Morgan fingerprint density at radius 1 is 1.19 bits per heavy atom. The van der Waals surface area contributed by atoms with Crippen molar-refractivity contribution in [2.24, 2.45) is 5.10 Å². The van der Waals surface area contributed by atoms with Crippen molar-refractivity contribution in [2.75, 3.05) is 7.05 Å². The molecule has 0 N–H and O–H groups in total. The number of carbonyl (C=O) groups is 2. The average Bonchev–Trinajstić information content (AvgIpc) is 2.71. The van der Waals surface area contributed by atoms with Crippen molar-refractivity contribution in [3.8, 4) is 0 Å². The highest BCUT2D eigenvalue weighted by molar-refractivity contribution is 6.47. The Morgan fingerprint density at radius 3 is 2.57 bits per heavy atom. The molecule has 0 radical (unpaired) electrons. The molecule has 0 bridgehead atoms. The van der Waals surface area contributed by atoms with Crippen LogP contribution in [0.2, 0.25) is 10.2 Å². The molecule has 3 rings (SSSR count). The van der Waals surface area contributed by atoms with E-state index in [-0.39, 0.29) is 16.6 Å². The first kappa shape index (κ1) is 14.1. The summed E-state index contributed by atoms with van der Waals surface area (Å²) < 4.78 is 1.47. The normalized spacial score (nSPS) is 19.3. The molecule has 0 aliphatic carbocycles. The Bertz CT molecular complexity index is 810. The Kier molecular flexibility index (Phi) is 3.26. The van der Waals surface area contributed by atoms with Crippen LogP contribution in [0.4, 0.5) is 0 Å². The largest absolute Gasteiger partial charge is 0.310 e. The zero-order valence-electron chi connectivity index (χ0n) is 11.3. The maximum Gasteiger partial charge on any atom is 0.273 e. The molecule has 1 aliphatic heterocycles. The zero-order valence-corrected chi connectivity index (χ0v) is 12.8. The number of halogens is 2. The number of fused-ring (bicyclic) bond motifs is 1. The first-order valence-corrected chi connectivity index (χ1v) is 7.00. The Labute approximate surface area is 130 Å². The van der Waals surface area contributed by atoms with Gasteiger partial charge in [0, 0.05) is 12.4 Å². The second-order valence-electron chi connectivity index (χ2n) is 4.81. The van der Waals surface area contributed by atoms with Gasteiger partial charge in [-0.1, -0.05) is 41.4 Å². The highest BCUT2D eigenvalue weighted by Crippen LogP contribution is 2.37. The van der Waals surface area contributed by atoms with Gasteiger partial charge in [0.1, 0.15) is 10.9 Å². The summed E-state index contributed by atoms with van der Waals surface area (Å²) in [7, 11) is 1.51. The third kappa shape index (κ3) is 1.96. The first-order chi connectivity index (χ1) is 9.93. The van der Waals surface area contributed by atoms with Crippen LogP contribution in [0, 0.1) is 0 Å². The van der Waals surface area contributed by atoms with E-state index < -0.39 is 11.9 Å². The lowest BCUT2D eigenvalue weighted by Gasteiger charge is -2.26. The lowest BCUT2D eigenvalue weighted by Crippen LogP contribution is -2.43. The standard InChI is InChI=1S/C14H11Cl2N3O2/c1-7-12(20)11(14(21)18(2)17-7)19-9-6-4-3-5-8(9)10(15)13(19)16/h3-6,11H,1-2H3. The number of benzene rings is 1. The van der Waals surface area contributed by atoms with Crippen LogP contribution >= 0.6 is 23.2 Å². The number of hydrogen-bond donors (Lipinski definition) is 0. The summed E-state index contributed by atoms with van der Waals surface area (Å²) >= 11 is 12.5. The van der Waals surface area contributed by atoms with Gasteiger partial charge in [-0.05, 0) is 13.0 Å². The van der Waals surface area contributed by atoms with Crippen molar-refractivity contribution in [3.63, 3.8) is 0 Å². The van der Waals surface area contributed by atoms with Crippen LogP contribution in [-0.2, 0) is 9.59 Å². The number of aromatic nitrogens is 1. The number of rotatable bonds is 1. The molecule has 108 valence electrons. The maximum atomic E-state index is 12.4. The number of likely N-dealkylation sites (N-methyl/N-ethyl adjacent to an activating group) is 1. The van der Waals surface area contributed by atoms with Crippen molar-refractivity contribution < 1.29 is 9.59 Å². The molecule has 1 unspecified atom stereocenters. The van der Waals surface area contributed by atoms with Crippen LogP contribution in [0.1, 0.15) is 13.0 Å². The highest BCUT2D eigenvalue weighted by Gasteiger charge is 2.39. The van der Waals surface area contributed by atoms with Crippen LogP contribution in [0.5, 0.6) is 0 Å². The second-order valence-corrected chi connectivity index (χ2v) is 5.54. The van der Waals surface area contributed by atoms with Crippen molar-refractivity contribution >= 4 is 51.5 Å². The highest BCUT2D eigenvalue weighted by atomic mass is 35.5. The third-order valence-electron chi connectivity index (χ3n) is 3.51. The summed E-state index contributed by atoms with van der Waals surface area (Å²) in [4.78, 5) is 24.7. The molecule has 0 saturated carbocycles. The van der Waals surface area contributed by atoms with Crippen molar-refractivity contribution in [1.82, 2.24) is 9.58 Å². The summed E-state index contributed by atoms with van der Waals surface area (Å²) in [6, 6.07) is 6.11. The van der Waals surface area contributed by atoms with Gasteiger partial charge < -0.3 is 4.57 Å². The summed E-state index contributed by atoms with van der Waals surface area (Å²) in [5.74, 6) is -0.817. The lowest BCUT2D eigenvalue weighted by molar-refractivity contribution is -0.138. The average molecular weight is 324 g/mol. The van der Waals surface area contributed by atoms with E-state index in [1.165, 1.54) is 11.6 Å². The second kappa shape index (κ2) is 4.86. The number of nitrogens with zero attached hydrogens (tertiary/aromatic N) is 3. The van der Waals surface area contributed by atoms with E-state index in [0.717, 1.165) is 5.01 Å². The van der Waals surface area contributed by atoms with Crippen LogP contribution in [-0.4, -0.2) is 34.0 Å². The monoisotopic (exact) mass is 323 g/mol. The Balaban J connectivity index is 2.30. The molecule has 1 aromatic heterocycles. The van der Waals surface area contributed by atoms with E-state index in [0.29, 0.717) is 15.9 Å². The molecule has 2 heterocycles. The number of hydrogen-bond acceptors (Lipinski definition) is 3. The Morgan fingerprint density at radius 2 is 1.86 bits per heavy atom. The number of para-hydroxylation sites is 1. The molecule has 7 heteroatoms. The number of Topliss-reactive ketones (excluding diaryl/α,β-unsaturated/α-hetero) is 1. The third-order valence-corrected chi connectivity index (χ3v) is 4.36. The molecule has 5 nitrogen and oxygen atoms in total. The molecule has 21 heavy (non-hydrogen) atoms. The van der Waals surface area contributed by atoms with Crippen molar-refractivity contribution in [2.45, 2.75) is 13.0 Å². The van der Waals surface area contributed by atoms with Crippen molar-refractivity contribution in [1.29, 1.82) is 0 Å². The minimum Gasteiger partial charge on any atom is -0.310 e. The quantitative estimate of drug-likeness (QED) is 0.758. The van der Waals surface area contributed by atoms with E-state index in [1.807, 2.05) is 6.07 Å². The van der Waals surface area contributed by atoms with E-state index in [9.17, 15) is 9.59 Å². The van der Waals surface area contributed by atoms with Gasteiger partial charge in [-0.2, -0.15) is 5.10 Å². The van der Waals surface area contributed by atoms with Gasteiger partial charge >= 0.3 is 0 Å². The fourth-order valence-corrected chi connectivity index (χ4v) is 3.02. The molecule has 1 aliphatic rings. The van der Waals surface area contributed by atoms with E-state index in [4.69, 9.17) is 23.2 Å². The van der Waals surface area contributed by atoms with Crippen LogP contribution in [0.15, 0.2) is 29.4 Å². The molecule has 0 fully saturated rings. The van der Waals surface area contributed by atoms with Crippen molar-refractivity contribution in [3.05, 3.63) is 34.4 Å². The fraction of sp³-hybridized carbons (Fsp3) is 0.214. The van der Waals surface area contributed by atoms with Crippen LogP contribution in [0.3, 0.4) is 0 Å². The van der Waals surface area contributed by atoms with Gasteiger partial charge in [-0.3, -0.25) is 9.59 Å². The number of carbonyl (C=O) groups excluding carboxylic acids is 2. The fourth-order valence-electron chi connectivity index (χ4n) is 2.48. The smallest absolute Gasteiger partial charge is 0.273 e. The maximum absolute atomic E-state index is 12.4. The predicted molar refractivity (Wildman–Crippen MR) is 81.9 cm³/mol. The first-order valence-electron chi connectivity index (χ1n) is 6.24. The minimum atomic E-state index is -1.07. The topological polar surface area (TPSA) is 54.7 Å². The molecule has 1 atom stereocenters. The minimum absolute atomic E-state index is 0.174. The van der Waals surface area contributed by atoms with Gasteiger partial charge in [0.15, 0.2) is 6.04 Å². The van der Waals surface area contributed by atoms with Gasteiger partial charge in [0.25, 0.3) is 5.91 Å². The van der Waals surface area contributed by atoms with Gasteiger partial charge in [0.05, 0.1) is 10.5 Å². The van der Waals surface area contributed by atoms with Crippen LogP contribution < -0.4 is 0 Å². The molecule has 1 aromatic carbocycles. The van der Waals surface area contributed by atoms with Gasteiger partial charge in [-0.15, -0.1) is 0 Å². The molecule has 0 spiro atoms. The molecule has 1 amide bonds. The molecular weight excluding hydrogens is 313 g/mol. The van der Waals surface area contributed by atoms with Gasteiger partial charge in [0.2, 0.25) is 5.78 Å². The molecular formula is C14H11Cl2N3O2. The summed E-state index contributed by atoms with van der Waals surface area (Å²) in [6.45, 7) is 1.57. The zero-order chi connectivity index (χ0) is 15.3. The lowest BCUT2D eigenvalue weighted by atomic mass is 10.1. The van der Waals surface area contributed by atoms with Gasteiger partial charge in [-0.25, -0.2) is 5.01 Å². The number of hydrazone groups is 1. The summed E-state index contributed by atoms with van der Waals surface area (Å²) in [6.07, 6.45) is 0. The number of ketones is 1. The number of amides is 1. The van der Waals surface area contributed by atoms with E-state index in [1.54, 1.807) is 25.1 Å². The SMILES string of the molecule is CC1=NN(C)C(=O)C(n2c(Cl)c(Cl)c3ccccc32)C1=O. The summed E-state index contributed by atoms with van der Waals surface area (Å²) in [5, 5.41) is 6.26. The van der Waals surface area contributed by atoms with E-state index in [2.05, 4.69) is 5.10 Å². The van der Waals surface area contributed by atoms with Crippen LogP contribution in [0.25, 0.3) is 10.9 Å². The summed E-state index contributed by atoms with van der Waals surface area (Å²) in [5.41, 5.74) is 0.898.